The molecule has 0 saturated carbocycles. The molecule has 0 fully saturated rings. The first-order valence-corrected chi connectivity index (χ1v) is 8.96. The molecule has 0 saturated heterocycles. The Labute approximate surface area is 150 Å². The lowest BCUT2D eigenvalue weighted by atomic mass is 10.1. The van der Waals surface area contributed by atoms with E-state index in [4.69, 9.17) is 4.74 Å². The number of aromatic nitrogens is 2. The first-order valence-electron chi connectivity index (χ1n) is 8.96. The van der Waals surface area contributed by atoms with Gasteiger partial charge in [0.25, 0.3) is 0 Å². The van der Waals surface area contributed by atoms with Gasteiger partial charge < -0.3 is 19.9 Å². The van der Waals surface area contributed by atoms with Crippen LogP contribution in [0.2, 0.25) is 0 Å². The molecular formula is C19H31N5O. The van der Waals surface area contributed by atoms with Crippen molar-refractivity contribution < 1.29 is 4.74 Å². The van der Waals surface area contributed by atoms with Gasteiger partial charge in [-0.3, -0.25) is 4.99 Å². The Morgan fingerprint density at radius 1 is 1.28 bits per heavy atom. The number of hydrogen-bond acceptors (Lipinski definition) is 3. The second-order valence-corrected chi connectivity index (χ2v) is 6.74. The predicted molar refractivity (Wildman–Crippen MR) is 104 cm³/mol. The fraction of sp³-hybridized carbons (Fsp3) is 0.579. The van der Waals surface area contributed by atoms with Crippen molar-refractivity contribution >= 4 is 17.0 Å². The molecule has 138 valence electrons. The number of hydrogen-bond donors (Lipinski definition) is 2. The quantitative estimate of drug-likeness (QED) is 0.439. The molecule has 0 aliphatic rings. The number of rotatable bonds is 8. The molecule has 0 atom stereocenters. The van der Waals surface area contributed by atoms with Crippen LogP contribution in [0.1, 0.15) is 33.0 Å². The van der Waals surface area contributed by atoms with Crippen molar-refractivity contribution in [1.29, 1.82) is 0 Å². The Hall–Kier alpha value is -2.08. The summed E-state index contributed by atoms with van der Waals surface area (Å²) in [7, 11) is 1.72. The lowest BCUT2D eigenvalue weighted by Gasteiger charge is -2.21. The number of para-hydroxylation sites is 2. The molecule has 1 heterocycles. The van der Waals surface area contributed by atoms with Gasteiger partial charge in [-0.15, -0.1) is 0 Å². The van der Waals surface area contributed by atoms with Crippen molar-refractivity contribution in [1.82, 2.24) is 20.2 Å². The van der Waals surface area contributed by atoms with Gasteiger partial charge in [0, 0.05) is 26.7 Å². The van der Waals surface area contributed by atoms with E-state index in [1.807, 2.05) is 19.9 Å². The fourth-order valence-electron chi connectivity index (χ4n) is 2.60. The van der Waals surface area contributed by atoms with Gasteiger partial charge in [-0.1, -0.05) is 12.1 Å². The molecule has 0 spiro atoms. The van der Waals surface area contributed by atoms with E-state index < -0.39 is 0 Å². The molecule has 6 heteroatoms. The molecule has 0 aliphatic heterocycles. The SMILES string of the molecule is CCNC(=NCC(C)(C)OC)NCCCn1c(C)nc2ccccc21. The minimum atomic E-state index is -0.255. The van der Waals surface area contributed by atoms with Crippen LogP contribution in [0.25, 0.3) is 11.0 Å². The van der Waals surface area contributed by atoms with Crippen LogP contribution in [-0.4, -0.2) is 47.9 Å². The summed E-state index contributed by atoms with van der Waals surface area (Å²) in [6.07, 6.45) is 0.999. The third-order valence-corrected chi connectivity index (χ3v) is 4.21. The molecule has 2 aromatic rings. The topological polar surface area (TPSA) is 63.5 Å². The third kappa shape index (κ3) is 5.46. The van der Waals surface area contributed by atoms with Crippen molar-refractivity contribution in [2.75, 3.05) is 26.7 Å². The zero-order valence-electron chi connectivity index (χ0n) is 16.1. The molecule has 0 aliphatic carbocycles. The number of aliphatic imine (C=N–C) groups is 1. The Morgan fingerprint density at radius 3 is 2.76 bits per heavy atom. The normalized spacial score (nSPS) is 12.6. The van der Waals surface area contributed by atoms with Crippen molar-refractivity contribution in [2.45, 2.75) is 46.3 Å². The molecule has 1 aromatic carbocycles. The van der Waals surface area contributed by atoms with E-state index in [0.29, 0.717) is 6.54 Å². The lowest BCUT2D eigenvalue weighted by Crippen LogP contribution is -2.39. The van der Waals surface area contributed by atoms with E-state index in [1.165, 1.54) is 5.52 Å². The summed E-state index contributed by atoms with van der Waals surface area (Å²) in [4.78, 5) is 9.22. The molecule has 2 rings (SSSR count). The van der Waals surface area contributed by atoms with Crippen LogP contribution in [0.4, 0.5) is 0 Å². The number of fused-ring (bicyclic) bond motifs is 1. The Bertz CT molecular complexity index is 705. The van der Waals surface area contributed by atoms with E-state index in [2.05, 4.69) is 57.2 Å². The summed E-state index contributed by atoms with van der Waals surface area (Å²) in [6, 6.07) is 8.28. The maximum Gasteiger partial charge on any atom is 0.191 e. The summed E-state index contributed by atoms with van der Waals surface area (Å²) in [5.41, 5.74) is 2.00. The highest BCUT2D eigenvalue weighted by Crippen LogP contribution is 2.15. The van der Waals surface area contributed by atoms with Crippen molar-refractivity contribution in [3.63, 3.8) is 0 Å². The van der Waals surface area contributed by atoms with Crippen molar-refractivity contribution in [3.8, 4) is 0 Å². The highest BCUT2D eigenvalue weighted by Gasteiger charge is 2.15. The molecule has 0 unspecified atom stereocenters. The first-order chi connectivity index (χ1) is 12.0. The highest BCUT2D eigenvalue weighted by molar-refractivity contribution is 5.79. The standard InChI is InChI=1S/C19H31N5O/c1-6-20-18(22-14-19(3,4)25-5)21-12-9-13-24-15(2)23-16-10-7-8-11-17(16)24/h7-8,10-11H,6,9,12-14H2,1-5H3,(H2,20,21,22). The summed E-state index contributed by atoms with van der Waals surface area (Å²) in [5, 5.41) is 6.68. The number of aryl methyl sites for hydroxylation is 2. The minimum Gasteiger partial charge on any atom is -0.377 e. The monoisotopic (exact) mass is 345 g/mol. The molecule has 0 bridgehead atoms. The average molecular weight is 345 g/mol. The van der Waals surface area contributed by atoms with Gasteiger partial charge in [0.05, 0.1) is 23.2 Å². The highest BCUT2D eigenvalue weighted by atomic mass is 16.5. The van der Waals surface area contributed by atoms with Crippen LogP contribution < -0.4 is 10.6 Å². The Kier molecular flexibility index (Phi) is 6.82. The van der Waals surface area contributed by atoms with Gasteiger partial charge in [0.1, 0.15) is 5.82 Å². The van der Waals surface area contributed by atoms with Gasteiger partial charge in [-0.25, -0.2) is 4.98 Å². The summed E-state index contributed by atoms with van der Waals surface area (Å²) in [6.45, 7) is 11.4. The second kappa shape index (κ2) is 8.85. The van der Waals surface area contributed by atoms with Crippen LogP contribution in [0.5, 0.6) is 0 Å². The number of imidazole rings is 1. The summed E-state index contributed by atoms with van der Waals surface area (Å²) < 4.78 is 7.69. The van der Waals surface area contributed by atoms with Gasteiger partial charge in [-0.05, 0) is 46.2 Å². The Morgan fingerprint density at radius 2 is 2.04 bits per heavy atom. The van der Waals surface area contributed by atoms with Gasteiger partial charge in [-0.2, -0.15) is 0 Å². The average Bonchev–Trinajstić information content (AvgIpc) is 2.92. The molecule has 0 radical (unpaired) electrons. The van der Waals surface area contributed by atoms with E-state index >= 15 is 0 Å². The van der Waals surface area contributed by atoms with Crippen LogP contribution in [0, 0.1) is 6.92 Å². The number of nitrogens with one attached hydrogen (secondary N) is 2. The van der Waals surface area contributed by atoms with Crippen LogP contribution in [0.15, 0.2) is 29.3 Å². The third-order valence-electron chi connectivity index (χ3n) is 4.21. The van der Waals surface area contributed by atoms with Crippen molar-refractivity contribution in [3.05, 3.63) is 30.1 Å². The minimum absolute atomic E-state index is 0.255. The number of methoxy groups -OCH3 is 1. The van der Waals surface area contributed by atoms with E-state index in [9.17, 15) is 0 Å². The smallest absolute Gasteiger partial charge is 0.191 e. The zero-order chi connectivity index (χ0) is 18.3. The van der Waals surface area contributed by atoms with Crippen LogP contribution in [-0.2, 0) is 11.3 Å². The first kappa shape index (κ1) is 19.2. The number of guanidine groups is 1. The molecule has 0 amide bonds. The van der Waals surface area contributed by atoms with E-state index in [-0.39, 0.29) is 5.60 Å². The molecule has 1 aromatic heterocycles. The largest absolute Gasteiger partial charge is 0.377 e. The van der Waals surface area contributed by atoms with Gasteiger partial charge in [0.2, 0.25) is 0 Å². The van der Waals surface area contributed by atoms with Gasteiger partial charge in [0.15, 0.2) is 5.96 Å². The predicted octanol–water partition coefficient (Wildman–Crippen LogP) is 2.71. The molecule has 6 nitrogen and oxygen atoms in total. The fourth-order valence-corrected chi connectivity index (χ4v) is 2.60. The van der Waals surface area contributed by atoms with Crippen LogP contribution in [0.3, 0.4) is 0 Å². The van der Waals surface area contributed by atoms with E-state index in [0.717, 1.165) is 43.4 Å². The second-order valence-electron chi connectivity index (χ2n) is 6.74. The van der Waals surface area contributed by atoms with Crippen molar-refractivity contribution in [2.24, 2.45) is 4.99 Å². The number of ether oxygens (including phenoxy) is 1. The summed E-state index contributed by atoms with van der Waals surface area (Å²) >= 11 is 0. The molecular weight excluding hydrogens is 314 g/mol. The summed E-state index contributed by atoms with van der Waals surface area (Å²) in [5.74, 6) is 1.89. The Balaban J connectivity index is 1.89. The number of benzene rings is 1. The van der Waals surface area contributed by atoms with Crippen LogP contribution >= 0.6 is 0 Å². The zero-order valence-corrected chi connectivity index (χ0v) is 16.1. The number of nitrogens with zero attached hydrogens (tertiary/aromatic N) is 3. The van der Waals surface area contributed by atoms with E-state index in [1.54, 1.807) is 7.11 Å². The van der Waals surface area contributed by atoms with Gasteiger partial charge >= 0.3 is 0 Å². The lowest BCUT2D eigenvalue weighted by molar-refractivity contribution is 0.0310. The maximum absolute atomic E-state index is 5.42. The molecule has 25 heavy (non-hydrogen) atoms. The molecule has 2 N–H and O–H groups in total. The maximum atomic E-state index is 5.42.